The molecule has 0 saturated heterocycles. The summed E-state index contributed by atoms with van der Waals surface area (Å²) in [7, 11) is 1.31. The molecule has 5 nitrogen and oxygen atoms in total. The fraction of sp³-hybridized carbons (Fsp3) is 0.176. The summed E-state index contributed by atoms with van der Waals surface area (Å²) in [5.74, 6) is -0.830. The number of benzene rings is 1. The largest absolute Gasteiger partial charge is 0.465 e. The van der Waals surface area contributed by atoms with Crippen molar-refractivity contribution >= 4 is 23.7 Å². The van der Waals surface area contributed by atoms with Crippen LogP contribution in [0.4, 0.5) is 4.39 Å². The van der Waals surface area contributed by atoms with E-state index in [1.807, 2.05) is 0 Å². The minimum Gasteiger partial charge on any atom is -0.465 e. The van der Waals surface area contributed by atoms with Gasteiger partial charge in [0, 0.05) is 24.4 Å². The van der Waals surface area contributed by atoms with Gasteiger partial charge < -0.3 is 4.74 Å². The maximum Gasteiger partial charge on any atom is 0.337 e. The van der Waals surface area contributed by atoms with Crippen molar-refractivity contribution in [1.29, 1.82) is 0 Å². The van der Waals surface area contributed by atoms with Crippen LogP contribution in [0.15, 0.2) is 52.8 Å². The van der Waals surface area contributed by atoms with E-state index in [0.717, 1.165) is 0 Å². The molecule has 0 aliphatic rings. The van der Waals surface area contributed by atoms with Crippen LogP contribution in [-0.2, 0) is 16.0 Å². The summed E-state index contributed by atoms with van der Waals surface area (Å²) >= 11 is 0. The van der Waals surface area contributed by atoms with Gasteiger partial charge in [-0.05, 0) is 31.9 Å². The van der Waals surface area contributed by atoms with Gasteiger partial charge in [0.25, 0.3) is 0 Å². The van der Waals surface area contributed by atoms with Crippen molar-refractivity contribution in [2.24, 2.45) is 4.99 Å². The van der Waals surface area contributed by atoms with E-state index in [2.05, 4.69) is 26.4 Å². The Bertz CT molecular complexity index is 813. The van der Waals surface area contributed by atoms with Gasteiger partial charge in [0.15, 0.2) is 0 Å². The molecule has 0 atom stereocenters. The Kier molecular flexibility index (Phi) is 5.30. The number of hydrogen-bond acceptors (Lipinski definition) is 5. The molecular weight excluding hydrogens is 297 g/mol. The number of nitrogens with zero attached hydrogens (tertiary/aromatic N) is 3. The minimum absolute atomic E-state index is 0.317. The lowest BCUT2D eigenvalue weighted by Gasteiger charge is -2.05. The molecule has 0 bridgehead atoms. The summed E-state index contributed by atoms with van der Waals surface area (Å²) in [6.45, 7) is 5.22. The summed E-state index contributed by atoms with van der Waals surface area (Å²) in [4.78, 5) is 24.1. The van der Waals surface area contributed by atoms with Gasteiger partial charge in [0.05, 0.1) is 29.4 Å². The average molecular weight is 313 g/mol. The van der Waals surface area contributed by atoms with Crippen molar-refractivity contribution in [1.82, 2.24) is 9.97 Å². The Hall–Kier alpha value is -2.89. The Balaban J connectivity index is 2.31. The normalized spacial score (nSPS) is 12.3. The molecule has 0 N–H and O–H groups in total. The predicted molar refractivity (Wildman–Crippen MR) is 86.6 cm³/mol. The van der Waals surface area contributed by atoms with E-state index < -0.39 is 5.97 Å². The van der Waals surface area contributed by atoms with Crippen LogP contribution in [0.1, 0.15) is 12.6 Å². The monoisotopic (exact) mass is 313 g/mol. The third kappa shape index (κ3) is 4.06. The summed E-state index contributed by atoms with van der Waals surface area (Å²) in [6, 6.07) is 4.23. The van der Waals surface area contributed by atoms with Gasteiger partial charge in [-0.15, -0.1) is 0 Å². The van der Waals surface area contributed by atoms with Crippen molar-refractivity contribution in [2.75, 3.05) is 7.11 Å². The van der Waals surface area contributed by atoms with Crippen LogP contribution in [0.5, 0.6) is 0 Å². The van der Waals surface area contributed by atoms with Crippen LogP contribution < -0.4 is 0 Å². The van der Waals surface area contributed by atoms with E-state index >= 15 is 0 Å². The molecular formula is C17H16FN3O2. The first-order chi connectivity index (χ1) is 11.1. The Morgan fingerprint density at radius 2 is 2.22 bits per heavy atom. The number of carbonyl (C=O) groups excluding carboxylic acids is 1. The lowest BCUT2D eigenvalue weighted by molar-refractivity contribution is -0.135. The second-order valence-electron chi connectivity index (χ2n) is 4.70. The number of rotatable bonds is 5. The molecule has 6 heteroatoms. The van der Waals surface area contributed by atoms with Crippen molar-refractivity contribution in [2.45, 2.75) is 13.3 Å². The van der Waals surface area contributed by atoms with Gasteiger partial charge in [0.2, 0.25) is 0 Å². The number of methoxy groups -OCH3 is 1. The zero-order valence-corrected chi connectivity index (χ0v) is 12.9. The maximum atomic E-state index is 13.3. The third-order valence-corrected chi connectivity index (χ3v) is 3.17. The first kappa shape index (κ1) is 16.5. The van der Waals surface area contributed by atoms with Gasteiger partial charge in [-0.25, -0.2) is 14.2 Å². The van der Waals surface area contributed by atoms with Gasteiger partial charge in [-0.2, -0.15) is 0 Å². The summed E-state index contributed by atoms with van der Waals surface area (Å²) in [6.07, 6.45) is 5.11. The van der Waals surface area contributed by atoms with Gasteiger partial charge in [0.1, 0.15) is 5.82 Å². The molecule has 1 aromatic heterocycles. The van der Waals surface area contributed by atoms with E-state index in [1.54, 1.807) is 31.3 Å². The van der Waals surface area contributed by atoms with E-state index in [0.29, 0.717) is 34.4 Å². The maximum absolute atomic E-state index is 13.3. The lowest BCUT2D eigenvalue weighted by Crippen LogP contribution is -2.04. The molecule has 0 unspecified atom stereocenters. The first-order valence-corrected chi connectivity index (χ1v) is 6.90. The highest BCUT2D eigenvalue weighted by Crippen LogP contribution is 2.15. The number of fused-ring (bicyclic) bond motifs is 1. The molecule has 0 aliphatic heterocycles. The van der Waals surface area contributed by atoms with E-state index in [1.165, 1.54) is 19.2 Å². The number of esters is 1. The quantitative estimate of drug-likeness (QED) is 0.368. The number of aliphatic imine (C=N–C) groups is 1. The SMILES string of the molecule is C=N/C(=C\C(=C/C)C(=O)OC)Cc1cnc2ccc(F)cc2n1. The second-order valence-corrected chi connectivity index (χ2v) is 4.70. The second kappa shape index (κ2) is 7.40. The molecule has 0 spiro atoms. The summed E-state index contributed by atoms with van der Waals surface area (Å²) in [5.41, 5.74) is 2.58. The van der Waals surface area contributed by atoms with Gasteiger partial charge >= 0.3 is 5.97 Å². The molecule has 23 heavy (non-hydrogen) atoms. The van der Waals surface area contributed by atoms with E-state index in [-0.39, 0.29) is 5.82 Å². The highest BCUT2D eigenvalue weighted by molar-refractivity contribution is 5.91. The smallest absolute Gasteiger partial charge is 0.337 e. The zero-order valence-electron chi connectivity index (χ0n) is 12.9. The number of allylic oxidation sites excluding steroid dienone is 2. The topological polar surface area (TPSA) is 64.4 Å². The van der Waals surface area contributed by atoms with Crippen LogP contribution in [-0.4, -0.2) is 29.8 Å². The fourth-order valence-corrected chi connectivity index (χ4v) is 2.00. The Morgan fingerprint density at radius 3 is 2.87 bits per heavy atom. The van der Waals surface area contributed by atoms with Crippen LogP contribution in [0, 0.1) is 5.82 Å². The van der Waals surface area contributed by atoms with Crippen molar-refractivity contribution in [3.05, 3.63) is 59.3 Å². The molecule has 0 fully saturated rings. The van der Waals surface area contributed by atoms with Crippen molar-refractivity contribution in [3.8, 4) is 0 Å². The molecule has 1 heterocycles. The standard InChI is InChI=1S/C17H16FN3O2/c1-4-11(17(22)23-3)7-13(19-2)9-14-10-20-15-6-5-12(18)8-16(15)21-14/h4-8,10H,2,9H2,1,3H3/b11-4+,13-7-. The third-order valence-electron chi connectivity index (χ3n) is 3.17. The number of ether oxygens (including phenoxy) is 1. The fourth-order valence-electron chi connectivity index (χ4n) is 2.00. The minimum atomic E-state index is -0.458. The van der Waals surface area contributed by atoms with Crippen LogP contribution in [0.3, 0.4) is 0 Å². The predicted octanol–water partition coefficient (Wildman–Crippen LogP) is 3.02. The summed E-state index contributed by atoms with van der Waals surface area (Å²) in [5, 5.41) is 0. The number of hydrogen-bond donors (Lipinski definition) is 0. The summed E-state index contributed by atoms with van der Waals surface area (Å²) < 4.78 is 18.0. The highest BCUT2D eigenvalue weighted by atomic mass is 19.1. The zero-order chi connectivity index (χ0) is 16.8. The Morgan fingerprint density at radius 1 is 1.43 bits per heavy atom. The van der Waals surface area contributed by atoms with Crippen molar-refractivity contribution < 1.29 is 13.9 Å². The molecule has 2 aromatic rings. The molecule has 0 radical (unpaired) electrons. The Labute approximate surface area is 133 Å². The molecule has 0 amide bonds. The lowest BCUT2D eigenvalue weighted by atomic mass is 10.1. The number of halogens is 1. The van der Waals surface area contributed by atoms with Crippen molar-refractivity contribution in [3.63, 3.8) is 0 Å². The number of aromatic nitrogens is 2. The first-order valence-electron chi connectivity index (χ1n) is 6.90. The van der Waals surface area contributed by atoms with Gasteiger partial charge in [-0.1, -0.05) is 6.08 Å². The molecule has 2 rings (SSSR count). The molecule has 1 aromatic carbocycles. The highest BCUT2D eigenvalue weighted by Gasteiger charge is 2.09. The van der Waals surface area contributed by atoms with Crippen LogP contribution in [0.2, 0.25) is 0 Å². The molecule has 118 valence electrons. The van der Waals surface area contributed by atoms with Gasteiger partial charge in [-0.3, -0.25) is 9.98 Å². The van der Waals surface area contributed by atoms with Crippen LogP contribution in [0.25, 0.3) is 11.0 Å². The van der Waals surface area contributed by atoms with E-state index in [9.17, 15) is 9.18 Å². The number of carbonyl (C=O) groups is 1. The molecule has 0 saturated carbocycles. The van der Waals surface area contributed by atoms with Crippen LogP contribution >= 0.6 is 0 Å². The average Bonchev–Trinajstić information content (AvgIpc) is 2.57. The molecule has 0 aliphatic carbocycles. The van der Waals surface area contributed by atoms with E-state index in [4.69, 9.17) is 0 Å².